The molecular weight excluding hydrogens is 364 g/mol. The summed E-state index contributed by atoms with van der Waals surface area (Å²) in [4.78, 5) is 15.5. The zero-order valence-electron chi connectivity index (χ0n) is 13.9. The smallest absolute Gasteiger partial charge is 0.339 e. The second-order valence-corrected chi connectivity index (χ2v) is 7.02. The van der Waals surface area contributed by atoms with Gasteiger partial charge in [-0.15, -0.1) is 0 Å². The first kappa shape index (κ1) is 19.4. The largest absolute Gasteiger partial charge is 0.465 e. The summed E-state index contributed by atoms with van der Waals surface area (Å²) in [5, 5.41) is 0.633. The SMILES string of the molecule is COC(=O)c1ccc(CN(CCc2cc(C)cc(Cl)c2)[SH](=O)=O)nc1. The molecule has 0 fully saturated rings. The van der Waals surface area contributed by atoms with Crippen molar-refractivity contribution in [3.05, 3.63) is 63.9 Å². The predicted molar refractivity (Wildman–Crippen MR) is 96.2 cm³/mol. The number of hydrogen-bond acceptors (Lipinski definition) is 5. The van der Waals surface area contributed by atoms with E-state index in [0.717, 1.165) is 11.1 Å². The highest BCUT2D eigenvalue weighted by molar-refractivity contribution is 7.69. The zero-order valence-corrected chi connectivity index (χ0v) is 15.6. The Balaban J connectivity index is 2.04. The van der Waals surface area contributed by atoms with Gasteiger partial charge in [-0.3, -0.25) is 4.98 Å². The fraction of sp³-hybridized carbons (Fsp3) is 0.294. The minimum Gasteiger partial charge on any atom is -0.465 e. The summed E-state index contributed by atoms with van der Waals surface area (Å²) in [7, 11) is -1.46. The molecule has 0 saturated carbocycles. The number of hydrogen-bond donors (Lipinski definition) is 1. The summed E-state index contributed by atoms with van der Waals surface area (Å²) in [6.45, 7) is 2.40. The van der Waals surface area contributed by atoms with Gasteiger partial charge in [-0.1, -0.05) is 17.7 Å². The quantitative estimate of drug-likeness (QED) is 0.587. The summed E-state index contributed by atoms with van der Waals surface area (Å²) in [6, 6.07) is 8.83. The van der Waals surface area contributed by atoms with Crippen LogP contribution in [0.3, 0.4) is 0 Å². The Labute approximate surface area is 153 Å². The highest BCUT2D eigenvalue weighted by Crippen LogP contribution is 2.15. The Hall–Kier alpha value is -1.96. The Kier molecular flexibility index (Phi) is 6.92. The number of methoxy groups -OCH3 is 1. The first-order valence-corrected chi connectivity index (χ1v) is 9.08. The summed E-state index contributed by atoms with van der Waals surface area (Å²) < 4.78 is 28.9. The molecule has 8 heteroatoms. The maximum absolute atomic E-state index is 11.5. The van der Waals surface area contributed by atoms with Gasteiger partial charge in [0.1, 0.15) is 0 Å². The number of thiol groups is 1. The summed E-state index contributed by atoms with van der Waals surface area (Å²) in [5.74, 6) is -0.484. The zero-order chi connectivity index (χ0) is 18.4. The lowest BCUT2D eigenvalue weighted by Crippen LogP contribution is -2.24. The molecule has 0 spiro atoms. The molecule has 6 nitrogen and oxygen atoms in total. The van der Waals surface area contributed by atoms with E-state index in [0.29, 0.717) is 29.2 Å². The van der Waals surface area contributed by atoms with Gasteiger partial charge < -0.3 is 4.74 Å². The fourth-order valence-corrected chi connectivity index (χ4v) is 3.21. The van der Waals surface area contributed by atoms with Crippen LogP contribution in [0.25, 0.3) is 0 Å². The number of benzene rings is 1. The van der Waals surface area contributed by atoms with Crippen molar-refractivity contribution in [1.82, 2.24) is 9.29 Å². The lowest BCUT2D eigenvalue weighted by molar-refractivity contribution is 0.0600. The number of nitrogens with zero attached hydrogens (tertiary/aromatic N) is 2. The highest BCUT2D eigenvalue weighted by Gasteiger charge is 2.11. The molecule has 1 aromatic heterocycles. The maximum Gasteiger partial charge on any atom is 0.339 e. The van der Waals surface area contributed by atoms with E-state index in [1.165, 1.54) is 17.6 Å². The Morgan fingerprint density at radius 2 is 2.04 bits per heavy atom. The molecule has 0 unspecified atom stereocenters. The van der Waals surface area contributed by atoms with Crippen LogP contribution in [0.15, 0.2) is 36.5 Å². The standard InChI is InChI=1S/C17H19ClN2O4S/c1-12-7-13(9-15(18)8-12)5-6-20(25(22)23)11-16-4-3-14(10-19-16)17(21)24-2/h3-4,7-10,25H,5-6,11H2,1-2H3. The molecule has 2 aromatic rings. The van der Waals surface area contributed by atoms with E-state index in [9.17, 15) is 13.2 Å². The molecule has 0 N–H and O–H groups in total. The van der Waals surface area contributed by atoms with Crippen LogP contribution in [0.2, 0.25) is 5.02 Å². The number of carbonyl (C=O) groups excluding carboxylic acids is 1. The topological polar surface area (TPSA) is 76.6 Å². The Morgan fingerprint density at radius 1 is 1.28 bits per heavy atom. The Bertz CT molecular complexity index is 794. The van der Waals surface area contributed by atoms with E-state index in [1.54, 1.807) is 12.1 Å². The highest BCUT2D eigenvalue weighted by atomic mass is 35.5. The molecule has 0 aliphatic carbocycles. The van der Waals surface area contributed by atoms with Crippen molar-refractivity contribution >= 4 is 28.5 Å². The van der Waals surface area contributed by atoms with Crippen LogP contribution in [0, 0.1) is 6.92 Å². The number of aryl methyl sites for hydroxylation is 1. The summed E-state index contributed by atoms with van der Waals surface area (Å²) in [6.07, 6.45) is 1.92. The van der Waals surface area contributed by atoms with E-state index >= 15 is 0 Å². The van der Waals surface area contributed by atoms with Crippen LogP contribution in [0.1, 0.15) is 27.2 Å². The molecule has 25 heavy (non-hydrogen) atoms. The first-order chi connectivity index (χ1) is 11.9. The third kappa shape index (κ3) is 5.81. The van der Waals surface area contributed by atoms with Gasteiger partial charge in [-0.05, 0) is 48.7 Å². The molecule has 1 aromatic carbocycles. The van der Waals surface area contributed by atoms with E-state index < -0.39 is 16.9 Å². The molecule has 0 aliphatic rings. The van der Waals surface area contributed by atoms with Gasteiger partial charge in [0, 0.05) is 17.8 Å². The van der Waals surface area contributed by atoms with Crippen LogP contribution >= 0.6 is 11.6 Å². The van der Waals surface area contributed by atoms with Crippen molar-refractivity contribution < 1.29 is 17.9 Å². The van der Waals surface area contributed by atoms with Crippen molar-refractivity contribution in [3.8, 4) is 0 Å². The Morgan fingerprint density at radius 3 is 2.60 bits per heavy atom. The van der Waals surface area contributed by atoms with E-state index in [-0.39, 0.29) is 6.54 Å². The normalized spacial score (nSPS) is 11.1. The average molecular weight is 383 g/mol. The summed E-state index contributed by atoms with van der Waals surface area (Å²) in [5.41, 5.74) is 2.87. The third-order valence-electron chi connectivity index (χ3n) is 3.58. The molecule has 0 amide bonds. The van der Waals surface area contributed by atoms with Crippen molar-refractivity contribution in [1.29, 1.82) is 0 Å². The van der Waals surface area contributed by atoms with Gasteiger partial charge in [0.25, 0.3) is 0 Å². The molecule has 0 atom stereocenters. The van der Waals surface area contributed by atoms with E-state index in [4.69, 9.17) is 11.6 Å². The predicted octanol–water partition coefficient (Wildman–Crippen LogP) is 2.40. The number of carbonyl (C=O) groups is 1. The molecular formula is C17H19ClN2O4S. The first-order valence-electron chi connectivity index (χ1n) is 7.57. The maximum atomic E-state index is 11.5. The lowest BCUT2D eigenvalue weighted by atomic mass is 10.1. The molecule has 0 bridgehead atoms. The van der Waals surface area contributed by atoms with E-state index in [1.807, 2.05) is 25.1 Å². The van der Waals surface area contributed by atoms with E-state index in [2.05, 4.69) is 9.72 Å². The number of aromatic nitrogens is 1. The van der Waals surface area contributed by atoms with Gasteiger partial charge in [-0.2, -0.15) is 4.31 Å². The van der Waals surface area contributed by atoms with Gasteiger partial charge in [0.05, 0.1) is 24.9 Å². The second kappa shape index (κ2) is 8.94. The average Bonchev–Trinajstić information content (AvgIpc) is 2.57. The number of pyridine rings is 1. The number of esters is 1. The van der Waals surface area contributed by atoms with Gasteiger partial charge in [0.15, 0.2) is 0 Å². The van der Waals surface area contributed by atoms with Crippen LogP contribution in [0.5, 0.6) is 0 Å². The number of halogens is 1. The number of rotatable bonds is 7. The van der Waals surface area contributed by atoms with Crippen molar-refractivity contribution in [2.75, 3.05) is 13.7 Å². The van der Waals surface area contributed by atoms with Crippen LogP contribution in [-0.4, -0.2) is 37.3 Å². The molecule has 0 aliphatic heterocycles. The van der Waals surface area contributed by atoms with Crippen molar-refractivity contribution in [2.24, 2.45) is 0 Å². The van der Waals surface area contributed by atoms with Crippen molar-refractivity contribution in [2.45, 2.75) is 19.9 Å². The summed E-state index contributed by atoms with van der Waals surface area (Å²) >= 11 is 6.03. The molecule has 0 radical (unpaired) electrons. The molecule has 0 saturated heterocycles. The van der Waals surface area contributed by atoms with Gasteiger partial charge in [-0.25, -0.2) is 13.2 Å². The molecule has 2 rings (SSSR count). The van der Waals surface area contributed by atoms with Gasteiger partial charge in [0.2, 0.25) is 10.9 Å². The fourth-order valence-electron chi connectivity index (χ4n) is 2.38. The minimum atomic E-state index is -2.75. The monoisotopic (exact) mass is 382 g/mol. The van der Waals surface area contributed by atoms with Gasteiger partial charge >= 0.3 is 5.97 Å². The van der Waals surface area contributed by atoms with Crippen molar-refractivity contribution in [3.63, 3.8) is 0 Å². The molecule has 134 valence electrons. The minimum absolute atomic E-state index is 0.139. The van der Waals surface area contributed by atoms with Crippen LogP contribution in [0.4, 0.5) is 0 Å². The van der Waals surface area contributed by atoms with Crippen LogP contribution in [-0.2, 0) is 28.6 Å². The second-order valence-electron chi connectivity index (χ2n) is 5.54. The van der Waals surface area contributed by atoms with Crippen LogP contribution < -0.4 is 0 Å². The number of ether oxygens (including phenoxy) is 1. The third-order valence-corrected chi connectivity index (χ3v) is 4.60. The lowest BCUT2D eigenvalue weighted by Gasteiger charge is -2.15. The molecule has 1 heterocycles.